The number of alkyl halides is 3. The molecule has 0 amide bonds. The highest BCUT2D eigenvalue weighted by molar-refractivity contribution is 6.31. The van der Waals surface area contributed by atoms with Gasteiger partial charge in [-0.3, -0.25) is 9.36 Å². The molecule has 0 N–H and O–H groups in total. The lowest BCUT2D eigenvalue weighted by molar-refractivity contribution is -0.158. The first-order valence-corrected chi connectivity index (χ1v) is 11.1. The summed E-state index contributed by atoms with van der Waals surface area (Å²) in [6.07, 6.45) is -3.22. The van der Waals surface area contributed by atoms with E-state index in [2.05, 4.69) is 10.3 Å². The molecular weight excluding hydrogens is 489 g/mol. The molecule has 1 aromatic heterocycles. The van der Waals surface area contributed by atoms with Crippen molar-refractivity contribution in [3.8, 4) is 16.9 Å². The molecule has 0 spiro atoms. The summed E-state index contributed by atoms with van der Waals surface area (Å²) in [5.74, 6) is -0.415. The van der Waals surface area contributed by atoms with Crippen LogP contribution in [0.5, 0.6) is 5.75 Å². The summed E-state index contributed by atoms with van der Waals surface area (Å²) in [7, 11) is 1.37. The third kappa shape index (κ3) is 5.61. The second-order valence-corrected chi connectivity index (χ2v) is 9.58. The maximum atomic E-state index is 13.3. The summed E-state index contributed by atoms with van der Waals surface area (Å²) in [6.45, 7) is 8.01. The smallest absolute Gasteiger partial charge is 0.414 e. The third-order valence-corrected chi connectivity index (χ3v) is 5.61. The van der Waals surface area contributed by atoms with E-state index in [0.29, 0.717) is 5.56 Å². The van der Waals surface area contributed by atoms with Crippen molar-refractivity contribution in [2.45, 2.75) is 64.5 Å². The fourth-order valence-corrected chi connectivity index (χ4v) is 3.83. The van der Waals surface area contributed by atoms with Crippen LogP contribution >= 0.6 is 11.6 Å². The predicted octanol–water partition coefficient (Wildman–Crippen LogP) is 5.59. The number of halogens is 4. The fourth-order valence-electron chi connectivity index (χ4n) is 3.66. The first-order valence-electron chi connectivity index (χ1n) is 10.7. The number of nitrogens with zero attached hydrogens (tertiary/aromatic N) is 4. The number of hydrogen-bond acceptors (Lipinski definition) is 7. The number of hydrogen-bond donors (Lipinski definition) is 0. The molecule has 0 fully saturated rings. The number of aromatic nitrogens is 1. The van der Waals surface area contributed by atoms with E-state index in [4.69, 9.17) is 21.1 Å². The van der Waals surface area contributed by atoms with Crippen molar-refractivity contribution in [2.75, 3.05) is 12.1 Å². The SMILES string of the molecule is COc1cn(C(C)C(=O)OC(C)(C)C)c(=O)cc1-c1cc(Cl)ccc1N1N=NC(C(F)(F)F)C1C. The van der Waals surface area contributed by atoms with Gasteiger partial charge in [0, 0.05) is 22.2 Å². The molecule has 12 heteroatoms. The largest absolute Gasteiger partial charge is 0.495 e. The number of ether oxygens (including phenoxy) is 2. The highest BCUT2D eigenvalue weighted by Gasteiger charge is 2.49. The number of carbonyl (C=O) groups is 1. The van der Waals surface area contributed by atoms with Gasteiger partial charge in [-0.05, 0) is 52.8 Å². The van der Waals surface area contributed by atoms with Crippen LogP contribution in [0.4, 0.5) is 18.9 Å². The summed E-state index contributed by atoms with van der Waals surface area (Å²) in [5.41, 5.74) is -0.454. The fraction of sp³-hybridized carbons (Fsp3) is 0.478. The van der Waals surface area contributed by atoms with Crippen molar-refractivity contribution < 1.29 is 27.4 Å². The lowest BCUT2D eigenvalue weighted by atomic mass is 10.0. The predicted molar refractivity (Wildman–Crippen MR) is 125 cm³/mol. The summed E-state index contributed by atoms with van der Waals surface area (Å²) >= 11 is 6.19. The van der Waals surface area contributed by atoms with E-state index < -0.39 is 41.4 Å². The summed E-state index contributed by atoms with van der Waals surface area (Å²) in [6, 6.07) is 1.64. The first-order chi connectivity index (χ1) is 16.1. The second-order valence-electron chi connectivity index (χ2n) is 9.15. The minimum Gasteiger partial charge on any atom is -0.495 e. The van der Waals surface area contributed by atoms with Crippen LogP contribution in [0.15, 0.2) is 45.6 Å². The van der Waals surface area contributed by atoms with E-state index in [0.717, 1.165) is 5.01 Å². The van der Waals surface area contributed by atoms with E-state index in [9.17, 15) is 22.8 Å². The second kappa shape index (κ2) is 9.52. The summed E-state index contributed by atoms with van der Waals surface area (Å²) < 4.78 is 52.0. The molecule has 0 bridgehead atoms. The highest BCUT2D eigenvalue weighted by atomic mass is 35.5. The summed E-state index contributed by atoms with van der Waals surface area (Å²) in [5, 5.41) is 8.56. The Morgan fingerprint density at radius 1 is 1.17 bits per heavy atom. The normalized spacial score (nSPS) is 19.1. The van der Waals surface area contributed by atoms with Crippen LogP contribution in [-0.4, -0.2) is 41.5 Å². The molecule has 0 aliphatic carbocycles. The van der Waals surface area contributed by atoms with Crippen LogP contribution < -0.4 is 15.3 Å². The number of esters is 1. The van der Waals surface area contributed by atoms with Gasteiger partial charge < -0.3 is 9.47 Å². The first kappa shape index (κ1) is 26.5. The molecule has 3 atom stereocenters. The molecule has 8 nitrogen and oxygen atoms in total. The summed E-state index contributed by atoms with van der Waals surface area (Å²) in [4.78, 5) is 25.5. The number of methoxy groups -OCH3 is 1. The molecule has 1 aliphatic rings. The lowest BCUT2D eigenvalue weighted by Gasteiger charge is -2.26. The Labute approximate surface area is 205 Å². The monoisotopic (exact) mass is 514 g/mol. The number of carbonyl (C=O) groups excluding carboxylic acids is 1. The molecule has 1 aromatic carbocycles. The van der Waals surface area contributed by atoms with Gasteiger partial charge in [0.05, 0.1) is 25.0 Å². The Bertz CT molecular complexity index is 1210. The van der Waals surface area contributed by atoms with Crippen LogP contribution in [-0.2, 0) is 9.53 Å². The van der Waals surface area contributed by atoms with Crippen LogP contribution in [0, 0.1) is 0 Å². The van der Waals surface area contributed by atoms with E-state index in [1.165, 1.54) is 56.0 Å². The van der Waals surface area contributed by atoms with Gasteiger partial charge in [0.25, 0.3) is 5.56 Å². The van der Waals surface area contributed by atoms with Gasteiger partial charge in [-0.1, -0.05) is 16.8 Å². The Balaban J connectivity index is 2.09. The maximum Gasteiger partial charge on any atom is 0.414 e. The third-order valence-electron chi connectivity index (χ3n) is 5.38. The molecule has 35 heavy (non-hydrogen) atoms. The molecule has 0 saturated heterocycles. The molecule has 3 unspecified atom stereocenters. The minimum atomic E-state index is -4.57. The molecule has 0 saturated carbocycles. The van der Waals surface area contributed by atoms with Crippen molar-refractivity contribution in [1.82, 2.24) is 4.57 Å². The average molecular weight is 515 g/mol. The number of pyridine rings is 1. The van der Waals surface area contributed by atoms with E-state index >= 15 is 0 Å². The Morgan fingerprint density at radius 3 is 2.37 bits per heavy atom. The molecule has 190 valence electrons. The Kier molecular flexibility index (Phi) is 7.21. The molecule has 0 radical (unpaired) electrons. The highest BCUT2D eigenvalue weighted by Crippen LogP contribution is 2.42. The van der Waals surface area contributed by atoms with Crippen LogP contribution in [0.1, 0.15) is 40.7 Å². The van der Waals surface area contributed by atoms with E-state index in [1.807, 2.05) is 0 Å². The molecular formula is C23H26ClF3N4O4. The average Bonchev–Trinajstić information content (AvgIpc) is 3.13. The zero-order chi connectivity index (χ0) is 26.3. The number of benzene rings is 1. The molecule has 1 aliphatic heterocycles. The number of anilines is 1. The zero-order valence-electron chi connectivity index (χ0n) is 20.1. The van der Waals surface area contributed by atoms with Crippen molar-refractivity contribution in [3.63, 3.8) is 0 Å². The van der Waals surface area contributed by atoms with Gasteiger partial charge >= 0.3 is 12.1 Å². The Hall–Kier alpha value is -3.08. The van der Waals surface area contributed by atoms with Gasteiger partial charge in [-0.25, -0.2) is 9.80 Å². The van der Waals surface area contributed by atoms with Crippen molar-refractivity contribution >= 4 is 23.3 Å². The molecule has 3 rings (SSSR count). The number of rotatable bonds is 5. The van der Waals surface area contributed by atoms with Gasteiger partial charge in [0.2, 0.25) is 0 Å². The van der Waals surface area contributed by atoms with Crippen molar-refractivity contribution in [2.24, 2.45) is 10.3 Å². The van der Waals surface area contributed by atoms with E-state index in [1.54, 1.807) is 20.8 Å². The van der Waals surface area contributed by atoms with Gasteiger partial charge in [-0.2, -0.15) is 18.3 Å². The van der Waals surface area contributed by atoms with Crippen molar-refractivity contribution in [1.29, 1.82) is 0 Å². The van der Waals surface area contributed by atoms with Gasteiger partial charge in [-0.15, -0.1) is 0 Å². The lowest BCUT2D eigenvalue weighted by Crippen LogP contribution is -2.41. The topological polar surface area (TPSA) is 85.5 Å². The maximum absolute atomic E-state index is 13.3. The molecule has 2 aromatic rings. The molecule has 2 heterocycles. The van der Waals surface area contributed by atoms with E-state index in [-0.39, 0.29) is 22.0 Å². The van der Waals surface area contributed by atoms with Crippen LogP contribution in [0.25, 0.3) is 11.1 Å². The van der Waals surface area contributed by atoms with Gasteiger partial charge in [0.1, 0.15) is 17.4 Å². The quantitative estimate of drug-likeness (QED) is 0.486. The minimum absolute atomic E-state index is 0.194. The van der Waals surface area contributed by atoms with Gasteiger partial charge in [0.15, 0.2) is 6.04 Å². The van der Waals surface area contributed by atoms with Crippen LogP contribution in [0.3, 0.4) is 0 Å². The zero-order valence-corrected chi connectivity index (χ0v) is 20.8. The van der Waals surface area contributed by atoms with Crippen LogP contribution in [0.2, 0.25) is 5.02 Å². The standard InChI is InChI=1S/C23H26ClF3N4O4/c1-12-20(23(25,26)27)28-29-31(12)17-8-7-14(24)9-15(17)16-10-19(32)30(11-18(16)34-6)13(2)21(33)35-22(3,4)5/h7-13,20H,1-6H3. The van der Waals surface area contributed by atoms with Crippen molar-refractivity contribution in [3.05, 3.63) is 45.8 Å². The Morgan fingerprint density at radius 2 is 1.83 bits per heavy atom.